The van der Waals surface area contributed by atoms with Gasteiger partial charge in [0.05, 0.1) is 19.1 Å². The van der Waals surface area contributed by atoms with Crippen molar-refractivity contribution >= 4 is 23.2 Å². The second-order valence-corrected chi connectivity index (χ2v) is 4.56. The summed E-state index contributed by atoms with van der Waals surface area (Å²) < 4.78 is 5.16. The zero-order valence-electron chi connectivity index (χ0n) is 10.7. The van der Waals surface area contributed by atoms with E-state index in [1.165, 1.54) is 6.92 Å². The summed E-state index contributed by atoms with van der Waals surface area (Å²) >= 11 is 0. The Kier molecular flexibility index (Phi) is 4.13. The molecule has 1 heterocycles. The molecule has 1 aromatic carbocycles. The normalized spacial score (nSPS) is 22.0. The van der Waals surface area contributed by atoms with E-state index in [4.69, 9.17) is 10.5 Å². The lowest BCUT2D eigenvalue weighted by Crippen LogP contribution is -2.37. The van der Waals surface area contributed by atoms with E-state index in [1.807, 2.05) is 0 Å². The van der Waals surface area contributed by atoms with Gasteiger partial charge in [-0.1, -0.05) is 6.07 Å². The summed E-state index contributed by atoms with van der Waals surface area (Å²) in [7, 11) is 0. The molecule has 1 fully saturated rings. The van der Waals surface area contributed by atoms with E-state index in [0.717, 1.165) is 0 Å². The van der Waals surface area contributed by atoms with Gasteiger partial charge in [-0.25, -0.2) is 0 Å². The van der Waals surface area contributed by atoms with Gasteiger partial charge in [-0.05, 0) is 18.2 Å². The lowest BCUT2D eigenvalue weighted by molar-refractivity contribution is -0.120. The molecule has 0 radical (unpaired) electrons. The molecule has 102 valence electrons. The molecule has 2 atom stereocenters. The molecule has 0 spiro atoms. The summed E-state index contributed by atoms with van der Waals surface area (Å²) in [5.74, 6) is -0.649. The first kappa shape index (κ1) is 13.5. The van der Waals surface area contributed by atoms with Crippen molar-refractivity contribution in [1.29, 1.82) is 0 Å². The number of carbonyl (C=O) groups is 2. The summed E-state index contributed by atoms with van der Waals surface area (Å²) in [4.78, 5) is 23.0. The van der Waals surface area contributed by atoms with Gasteiger partial charge in [0.25, 0.3) is 0 Å². The minimum absolute atomic E-state index is 0.158. The molecular formula is C13H17N3O3. The SMILES string of the molecule is CC(=O)Nc1cccc(NC(=O)C2COCC2N)c1. The molecule has 2 rings (SSSR count). The van der Waals surface area contributed by atoms with Crippen LogP contribution in [-0.2, 0) is 14.3 Å². The minimum atomic E-state index is -0.329. The van der Waals surface area contributed by atoms with Crippen molar-refractivity contribution < 1.29 is 14.3 Å². The van der Waals surface area contributed by atoms with Gasteiger partial charge in [-0.15, -0.1) is 0 Å². The Balaban J connectivity index is 2.02. The van der Waals surface area contributed by atoms with Crippen molar-refractivity contribution in [2.45, 2.75) is 13.0 Å². The number of amides is 2. The van der Waals surface area contributed by atoms with Gasteiger partial charge >= 0.3 is 0 Å². The van der Waals surface area contributed by atoms with Crippen molar-refractivity contribution in [3.05, 3.63) is 24.3 Å². The van der Waals surface area contributed by atoms with E-state index in [-0.39, 0.29) is 23.8 Å². The molecule has 6 nitrogen and oxygen atoms in total. The number of benzene rings is 1. The predicted molar refractivity (Wildman–Crippen MR) is 71.7 cm³/mol. The van der Waals surface area contributed by atoms with Gasteiger partial charge in [0, 0.05) is 24.3 Å². The summed E-state index contributed by atoms with van der Waals surface area (Å²) in [5, 5.41) is 5.43. The number of rotatable bonds is 3. The van der Waals surface area contributed by atoms with Crippen LogP contribution in [0.4, 0.5) is 11.4 Å². The molecule has 0 bridgehead atoms. The molecular weight excluding hydrogens is 246 g/mol. The second kappa shape index (κ2) is 5.81. The Morgan fingerprint density at radius 3 is 2.53 bits per heavy atom. The largest absolute Gasteiger partial charge is 0.379 e. The van der Waals surface area contributed by atoms with Gasteiger partial charge in [-0.3, -0.25) is 9.59 Å². The molecule has 0 aromatic heterocycles. The summed E-state index contributed by atoms with van der Waals surface area (Å²) in [6.45, 7) is 2.18. The van der Waals surface area contributed by atoms with E-state index in [2.05, 4.69) is 10.6 Å². The van der Waals surface area contributed by atoms with E-state index < -0.39 is 0 Å². The van der Waals surface area contributed by atoms with Gasteiger partial charge < -0.3 is 21.1 Å². The van der Waals surface area contributed by atoms with E-state index in [0.29, 0.717) is 24.6 Å². The van der Waals surface area contributed by atoms with Gasteiger partial charge in [0.2, 0.25) is 11.8 Å². The summed E-state index contributed by atoms with van der Waals surface area (Å²) in [5.41, 5.74) is 7.04. The molecule has 0 saturated carbocycles. The highest BCUT2D eigenvalue weighted by Gasteiger charge is 2.31. The van der Waals surface area contributed by atoms with Crippen molar-refractivity contribution in [2.75, 3.05) is 23.8 Å². The molecule has 2 amide bonds. The number of nitrogens with one attached hydrogen (secondary N) is 2. The molecule has 1 aliphatic rings. The van der Waals surface area contributed by atoms with Crippen LogP contribution >= 0.6 is 0 Å². The van der Waals surface area contributed by atoms with Crippen molar-refractivity contribution in [1.82, 2.24) is 0 Å². The molecule has 1 aromatic rings. The van der Waals surface area contributed by atoms with Crippen molar-refractivity contribution in [3.63, 3.8) is 0 Å². The summed E-state index contributed by atoms with van der Waals surface area (Å²) in [6.07, 6.45) is 0. The number of hydrogen-bond donors (Lipinski definition) is 3. The Hall–Kier alpha value is -1.92. The smallest absolute Gasteiger partial charge is 0.231 e. The first-order valence-electron chi connectivity index (χ1n) is 6.08. The van der Waals surface area contributed by atoms with Crippen LogP contribution in [-0.4, -0.2) is 31.1 Å². The number of nitrogens with two attached hydrogens (primary N) is 1. The van der Waals surface area contributed by atoms with Crippen molar-refractivity contribution in [3.8, 4) is 0 Å². The molecule has 2 unspecified atom stereocenters. The highest BCUT2D eigenvalue weighted by molar-refractivity contribution is 5.95. The molecule has 19 heavy (non-hydrogen) atoms. The average molecular weight is 263 g/mol. The molecule has 6 heteroatoms. The molecule has 0 aliphatic carbocycles. The van der Waals surface area contributed by atoms with Crippen LogP contribution in [0.5, 0.6) is 0 Å². The van der Waals surface area contributed by atoms with Crippen LogP contribution in [0.3, 0.4) is 0 Å². The standard InChI is InChI=1S/C13H17N3O3/c1-8(17)15-9-3-2-4-10(5-9)16-13(18)11-6-19-7-12(11)14/h2-5,11-12H,6-7,14H2,1H3,(H,15,17)(H,16,18). The van der Waals surface area contributed by atoms with Crippen LogP contribution in [0, 0.1) is 5.92 Å². The van der Waals surface area contributed by atoms with Crippen LogP contribution in [0.2, 0.25) is 0 Å². The van der Waals surface area contributed by atoms with Crippen LogP contribution < -0.4 is 16.4 Å². The Morgan fingerprint density at radius 2 is 1.95 bits per heavy atom. The van der Waals surface area contributed by atoms with E-state index in [9.17, 15) is 9.59 Å². The highest BCUT2D eigenvalue weighted by atomic mass is 16.5. The first-order chi connectivity index (χ1) is 9.06. The topological polar surface area (TPSA) is 93.5 Å². The number of ether oxygens (including phenoxy) is 1. The van der Waals surface area contributed by atoms with Crippen LogP contribution in [0.15, 0.2) is 24.3 Å². The van der Waals surface area contributed by atoms with Gasteiger partial charge in [0.1, 0.15) is 0 Å². The first-order valence-corrected chi connectivity index (χ1v) is 6.08. The third-order valence-corrected chi connectivity index (χ3v) is 2.91. The number of hydrogen-bond acceptors (Lipinski definition) is 4. The fraction of sp³-hybridized carbons (Fsp3) is 0.385. The fourth-order valence-corrected chi connectivity index (χ4v) is 1.95. The van der Waals surface area contributed by atoms with Crippen LogP contribution in [0.25, 0.3) is 0 Å². The molecule has 1 saturated heterocycles. The lowest BCUT2D eigenvalue weighted by Gasteiger charge is -2.14. The zero-order chi connectivity index (χ0) is 13.8. The Morgan fingerprint density at radius 1 is 1.26 bits per heavy atom. The Bertz CT molecular complexity index is 490. The van der Waals surface area contributed by atoms with Crippen LogP contribution in [0.1, 0.15) is 6.92 Å². The average Bonchev–Trinajstić information content (AvgIpc) is 2.75. The van der Waals surface area contributed by atoms with Crippen molar-refractivity contribution in [2.24, 2.45) is 11.7 Å². The maximum absolute atomic E-state index is 12.0. The maximum atomic E-state index is 12.0. The Labute approximate surface area is 111 Å². The lowest BCUT2D eigenvalue weighted by atomic mass is 10.0. The predicted octanol–water partition coefficient (Wildman–Crippen LogP) is 0.557. The third-order valence-electron chi connectivity index (χ3n) is 2.91. The third kappa shape index (κ3) is 3.52. The maximum Gasteiger partial charge on any atom is 0.231 e. The van der Waals surface area contributed by atoms with Gasteiger partial charge in [0.15, 0.2) is 0 Å². The molecule has 4 N–H and O–H groups in total. The zero-order valence-corrected chi connectivity index (χ0v) is 10.7. The molecule has 1 aliphatic heterocycles. The van der Waals surface area contributed by atoms with Gasteiger partial charge in [-0.2, -0.15) is 0 Å². The van der Waals surface area contributed by atoms with E-state index >= 15 is 0 Å². The summed E-state index contributed by atoms with van der Waals surface area (Å²) in [6, 6.07) is 6.69. The highest BCUT2D eigenvalue weighted by Crippen LogP contribution is 2.18. The number of carbonyl (C=O) groups excluding carboxylic acids is 2. The quantitative estimate of drug-likeness (QED) is 0.742. The van der Waals surface area contributed by atoms with E-state index in [1.54, 1.807) is 24.3 Å². The second-order valence-electron chi connectivity index (χ2n) is 4.56. The number of anilines is 2. The fourth-order valence-electron chi connectivity index (χ4n) is 1.95. The minimum Gasteiger partial charge on any atom is -0.379 e. The monoisotopic (exact) mass is 263 g/mol.